The Morgan fingerprint density at radius 1 is 1.10 bits per heavy atom. The second kappa shape index (κ2) is 6.63. The van der Waals surface area contributed by atoms with Crippen molar-refractivity contribution < 1.29 is 18.9 Å². The van der Waals surface area contributed by atoms with E-state index in [1.807, 2.05) is 46.8 Å². The normalized spacial score (nSPS) is 12.1. The maximum Gasteiger partial charge on any atom is 0.337 e. The summed E-state index contributed by atoms with van der Waals surface area (Å²) in [6.45, 7) is 9.97. The molecule has 0 saturated heterocycles. The summed E-state index contributed by atoms with van der Waals surface area (Å²) >= 11 is 0. The molecule has 1 aromatic carbocycles. The Morgan fingerprint density at radius 2 is 1.71 bits per heavy atom. The topological polar surface area (TPSA) is 44.8 Å². The molecule has 0 N–H and O–H groups in total. The molecule has 0 atom stereocenters. The Balaban J connectivity index is 2.91. The van der Waals surface area contributed by atoms with Crippen LogP contribution in [0.3, 0.4) is 0 Å². The maximum atomic E-state index is 11.6. The smallest absolute Gasteiger partial charge is 0.337 e. The van der Waals surface area contributed by atoms with E-state index in [2.05, 4.69) is 0 Å². The first-order chi connectivity index (χ1) is 9.64. The number of hydrogen-bond acceptors (Lipinski definition) is 4. The summed E-state index contributed by atoms with van der Waals surface area (Å²) < 4.78 is 16.3. The number of carbonyl (C=O) groups is 1. The molecule has 0 bridgehead atoms. The Hall–Kier alpha value is -1.33. The van der Waals surface area contributed by atoms with Crippen LogP contribution < -0.4 is 5.46 Å². The number of methoxy groups -OCH3 is 2. The minimum atomic E-state index is -0.463. The second-order valence-electron chi connectivity index (χ2n) is 6.15. The summed E-state index contributed by atoms with van der Waals surface area (Å²) in [5.41, 5.74) is 1.70. The average Bonchev–Trinajstić information content (AvgIpc) is 2.45. The molecule has 21 heavy (non-hydrogen) atoms. The van der Waals surface area contributed by atoms with E-state index in [1.54, 1.807) is 13.2 Å². The van der Waals surface area contributed by atoms with Crippen molar-refractivity contribution in [1.29, 1.82) is 0 Å². The largest absolute Gasteiger partial charge is 0.465 e. The zero-order chi connectivity index (χ0) is 16.3. The van der Waals surface area contributed by atoms with Crippen molar-refractivity contribution in [3.05, 3.63) is 29.3 Å². The third kappa shape index (κ3) is 4.08. The van der Waals surface area contributed by atoms with E-state index < -0.39 is 11.2 Å². The molecule has 0 aliphatic rings. The van der Waals surface area contributed by atoms with Gasteiger partial charge in [-0.05, 0) is 46.1 Å². The van der Waals surface area contributed by atoms with Gasteiger partial charge in [-0.2, -0.15) is 0 Å². The minimum absolute atomic E-state index is 0.340. The lowest BCUT2D eigenvalue weighted by Gasteiger charge is -2.40. The summed E-state index contributed by atoms with van der Waals surface area (Å²) in [5.74, 6) is -0.340. The third-order valence-electron chi connectivity index (χ3n) is 4.32. The highest BCUT2D eigenvalue weighted by Crippen LogP contribution is 2.27. The lowest BCUT2D eigenvalue weighted by atomic mass is 9.80. The third-order valence-corrected chi connectivity index (χ3v) is 4.32. The number of benzene rings is 1. The number of rotatable bonds is 6. The maximum absolute atomic E-state index is 11.6. The van der Waals surface area contributed by atoms with Gasteiger partial charge in [0.1, 0.15) is 0 Å². The summed E-state index contributed by atoms with van der Waals surface area (Å²) in [7, 11) is 3.47. The van der Waals surface area contributed by atoms with Gasteiger partial charge in [0, 0.05) is 7.11 Å². The van der Waals surface area contributed by atoms with E-state index >= 15 is 0 Å². The van der Waals surface area contributed by atoms with Crippen LogP contribution in [0.5, 0.6) is 0 Å². The molecule has 4 nitrogen and oxygen atoms in total. The van der Waals surface area contributed by atoms with Crippen molar-refractivity contribution in [2.75, 3.05) is 14.2 Å². The van der Waals surface area contributed by atoms with Crippen molar-refractivity contribution in [2.24, 2.45) is 0 Å². The molecule has 0 aliphatic carbocycles. The van der Waals surface area contributed by atoms with Crippen molar-refractivity contribution in [1.82, 2.24) is 0 Å². The molecule has 0 amide bonds. The highest BCUT2D eigenvalue weighted by Gasteiger charge is 2.37. The summed E-state index contributed by atoms with van der Waals surface area (Å²) in [4.78, 5) is 11.6. The van der Waals surface area contributed by atoms with Crippen molar-refractivity contribution in [2.45, 2.75) is 45.8 Å². The van der Waals surface area contributed by atoms with E-state index in [4.69, 9.17) is 14.1 Å². The fourth-order valence-corrected chi connectivity index (χ4v) is 1.75. The quantitative estimate of drug-likeness (QED) is 0.594. The molecule has 0 unspecified atom stereocenters. The average molecular weight is 292 g/mol. The van der Waals surface area contributed by atoms with Gasteiger partial charge in [0.05, 0.1) is 23.9 Å². The monoisotopic (exact) mass is 292 g/mol. The molecule has 0 aromatic heterocycles. The first-order valence-corrected chi connectivity index (χ1v) is 7.01. The molecule has 5 heteroatoms. The standard InChI is InChI=1S/C16H25BO4/c1-11-8-9-12(14(18)19-6)10-13(11)17-21-16(4,5)15(2,3)20-7/h8-10,17H,1-7H3. The summed E-state index contributed by atoms with van der Waals surface area (Å²) in [6, 6.07) is 5.48. The molecular formula is C16H25BO4. The van der Waals surface area contributed by atoms with Crippen LogP contribution in [0, 0.1) is 6.92 Å². The molecule has 0 aliphatic heterocycles. The van der Waals surface area contributed by atoms with Crippen molar-refractivity contribution in [3.8, 4) is 0 Å². The number of ether oxygens (including phenoxy) is 2. The van der Waals surface area contributed by atoms with Gasteiger partial charge in [-0.1, -0.05) is 17.7 Å². The van der Waals surface area contributed by atoms with Crippen LogP contribution in [-0.2, 0) is 14.1 Å². The second-order valence-corrected chi connectivity index (χ2v) is 6.15. The molecule has 116 valence electrons. The molecule has 1 aromatic rings. The zero-order valence-corrected chi connectivity index (χ0v) is 14.1. The van der Waals surface area contributed by atoms with E-state index in [-0.39, 0.29) is 5.97 Å². The highest BCUT2D eigenvalue weighted by molar-refractivity contribution is 6.48. The predicted octanol–water partition coefficient (Wildman–Crippen LogP) is 1.98. The van der Waals surface area contributed by atoms with Gasteiger partial charge < -0.3 is 14.1 Å². The SMILES string of the molecule is COC(=O)c1ccc(C)c(BOC(C)(C)C(C)(C)OC)c1. The van der Waals surface area contributed by atoms with Crippen LogP contribution >= 0.6 is 0 Å². The van der Waals surface area contributed by atoms with Gasteiger partial charge >= 0.3 is 13.5 Å². The van der Waals surface area contributed by atoms with E-state index in [9.17, 15) is 4.79 Å². The Morgan fingerprint density at radius 3 is 2.24 bits per heavy atom. The van der Waals surface area contributed by atoms with Gasteiger partial charge in [0.25, 0.3) is 0 Å². The van der Waals surface area contributed by atoms with E-state index in [0.717, 1.165) is 11.0 Å². The summed E-state index contributed by atoms with van der Waals surface area (Å²) in [5, 5.41) is 0. The Bertz CT molecular complexity index is 509. The number of esters is 1. The minimum Gasteiger partial charge on any atom is -0.465 e. The first kappa shape index (κ1) is 17.7. The Labute approximate surface area is 128 Å². The molecule has 1 rings (SSSR count). The molecule has 0 spiro atoms. The van der Waals surface area contributed by atoms with E-state index in [0.29, 0.717) is 13.0 Å². The van der Waals surface area contributed by atoms with E-state index in [1.165, 1.54) is 7.11 Å². The van der Waals surface area contributed by atoms with Crippen LogP contribution in [-0.4, -0.2) is 38.9 Å². The van der Waals surface area contributed by atoms with Crippen LogP contribution in [0.25, 0.3) is 0 Å². The number of hydrogen-bond donors (Lipinski definition) is 0. The fraction of sp³-hybridized carbons (Fsp3) is 0.562. The molecule has 0 saturated carbocycles. The van der Waals surface area contributed by atoms with Gasteiger partial charge in [-0.15, -0.1) is 0 Å². The van der Waals surface area contributed by atoms with Crippen LogP contribution in [0.15, 0.2) is 18.2 Å². The van der Waals surface area contributed by atoms with Gasteiger partial charge in [-0.25, -0.2) is 4.79 Å². The number of carbonyl (C=O) groups excluding carboxylic acids is 1. The molecule has 0 heterocycles. The molecule has 0 radical (unpaired) electrons. The predicted molar refractivity (Wildman–Crippen MR) is 85.6 cm³/mol. The van der Waals surface area contributed by atoms with Crippen molar-refractivity contribution >= 4 is 18.9 Å². The highest BCUT2D eigenvalue weighted by atomic mass is 16.5. The summed E-state index contributed by atoms with van der Waals surface area (Å²) in [6.07, 6.45) is 0. The first-order valence-electron chi connectivity index (χ1n) is 7.01. The Kier molecular flexibility index (Phi) is 5.59. The molecular weight excluding hydrogens is 267 g/mol. The fourth-order valence-electron chi connectivity index (χ4n) is 1.75. The lowest BCUT2D eigenvalue weighted by Crippen LogP contribution is -2.50. The van der Waals surface area contributed by atoms with Crippen LogP contribution in [0.1, 0.15) is 43.6 Å². The van der Waals surface area contributed by atoms with Gasteiger partial charge in [0.2, 0.25) is 0 Å². The van der Waals surface area contributed by atoms with Crippen LogP contribution in [0.2, 0.25) is 0 Å². The zero-order valence-electron chi connectivity index (χ0n) is 14.1. The number of aryl methyl sites for hydroxylation is 1. The van der Waals surface area contributed by atoms with Gasteiger partial charge in [0.15, 0.2) is 0 Å². The van der Waals surface area contributed by atoms with Gasteiger partial charge in [-0.3, -0.25) is 0 Å². The van der Waals surface area contributed by atoms with Crippen molar-refractivity contribution in [3.63, 3.8) is 0 Å². The van der Waals surface area contributed by atoms with Crippen LogP contribution in [0.4, 0.5) is 0 Å². The lowest BCUT2D eigenvalue weighted by molar-refractivity contribution is -0.114. The molecule has 0 fully saturated rings.